The van der Waals surface area contributed by atoms with Gasteiger partial charge in [-0.3, -0.25) is 0 Å². The predicted octanol–water partition coefficient (Wildman–Crippen LogP) is 3.03. The largest absolute Gasteiger partial charge is 0.366 e. The van der Waals surface area contributed by atoms with Crippen LogP contribution in [0.5, 0.6) is 0 Å². The number of halogens is 1. The van der Waals surface area contributed by atoms with Crippen molar-refractivity contribution in [2.24, 2.45) is 0 Å². The van der Waals surface area contributed by atoms with E-state index in [0.717, 1.165) is 17.9 Å². The van der Waals surface area contributed by atoms with Gasteiger partial charge in [-0.1, -0.05) is 18.0 Å². The Morgan fingerprint density at radius 1 is 1.21 bits per heavy atom. The molecule has 4 nitrogen and oxygen atoms in total. The minimum atomic E-state index is 0.363. The van der Waals surface area contributed by atoms with E-state index in [1.807, 2.05) is 13.8 Å². The maximum absolute atomic E-state index is 6.09. The summed E-state index contributed by atoms with van der Waals surface area (Å²) in [6.07, 6.45) is 4.02. The number of aryl methyl sites for hydroxylation is 1. The zero-order chi connectivity index (χ0) is 13.8. The number of nitrogens with one attached hydrogen (secondary N) is 1. The summed E-state index contributed by atoms with van der Waals surface area (Å²) >= 11 is 6.09. The number of hydrogen-bond acceptors (Lipinski definition) is 4. The summed E-state index contributed by atoms with van der Waals surface area (Å²) in [5.74, 6) is 1.57. The summed E-state index contributed by atoms with van der Waals surface area (Å²) in [5.41, 5.74) is 0.928. The molecule has 1 unspecified atom stereocenters. The molecule has 1 aliphatic rings. The van der Waals surface area contributed by atoms with Crippen molar-refractivity contribution < 1.29 is 0 Å². The molecule has 1 aromatic heterocycles. The molecular formula is C14H23ClN4. The van der Waals surface area contributed by atoms with Crippen molar-refractivity contribution in [2.45, 2.75) is 46.1 Å². The van der Waals surface area contributed by atoms with Crippen LogP contribution in [0.2, 0.25) is 5.15 Å². The van der Waals surface area contributed by atoms with E-state index in [4.69, 9.17) is 11.6 Å². The first-order valence-corrected chi connectivity index (χ1v) is 7.43. The van der Waals surface area contributed by atoms with E-state index in [0.29, 0.717) is 17.0 Å². The molecule has 1 N–H and O–H groups in total. The standard InChI is InChI=1S/C14H23ClN4/c1-10(9-19-7-5-4-6-8-19)16-14-11(2)13(15)17-12(3)18-14/h10H,4-9H2,1-3H3,(H,16,17,18). The van der Waals surface area contributed by atoms with Gasteiger partial charge in [0.2, 0.25) is 0 Å². The van der Waals surface area contributed by atoms with Crippen molar-refractivity contribution in [3.8, 4) is 0 Å². The highest BCUT2D eigenvalue weighted by atomic mass is 35.5. The number of rotatable bonds is 4. The maximum atomic E-state index is 6.09. The Labute approximate surface area is 120 Å². The van der Waals surface area contributed by atoms with Gasteiger partial charge in [-0.2, -0.15) is 0 Å². The van der Waals surface area contributed by atoms with E-state index < -0.39 is 0 Å². The zero-order valence-corrected chi connectivity index (χ0v) is 12.8. The van der Waals surface area contributed by atoms with Crippen LogP contribution in [-0.4, -0.2) is 40.5 Å². The van der Waals surface area contributed by atoms with Crippen LogP contribution >= 0.6 is 11.6 Å². The number of nitrogens with zero attached hydrogens (tertiary/aromatic N) is 3. The van der Waals surface area contributed by atoms with Gasteiger partial charge in [-0.15, -0.1) is 0 Å². The topological polar surface area (TPSA) is 41.1 Å². The van der Waals surface area contributed by atoms with Gasteiger partial charge >= 0.3 is 0 Å². The summed E-state index contributed by atoms with van der Waals surface area (Å²) in [5, 5.41) is 4.00. The van der Waals surface area contributed by atoms with E-state index in [1.165, 1.54) is 32.4 Å². The van der Waals surface area contributed by atoms with Gasteiger partial charge in [0.05, 0.1) is 0 Å². The first kappa shape index (κ1) is 14.5. The lowest BCUT2D eigenvalue weighted by atomic mass is 10.1. The maximum Gasteiger partial charge on any atom is 0.137 e. The summed E-state index contributed by atoms with van der Waals surface area (Å²) in [7, 11) is 0. The van der Waals surface area contributed by atoms with Crippen LogP contribution in [0.3, 0.4) is 0 Å². The highest BCUT2D eigenvalue weighted by Crippen LogP contribution is 2.20. The Bertz CT molecular complexity index is 430. The molecule has 1 atom stereocenters. The fraction of sp³-hybridized carbons (Fsp3) is 0.714. The first-order chi connectivity index (χ1) is 9.06. The molecule has 19 heavy (non-hydrogen) atoms. The Hall–Kier alpha value is -0.870. The van der Waals surface area contributed by atoms with Gasteiger partial charge in [0.1, 0.15) is 16.8 Å². The lowest BCUT2D eigenvalue weighted by molar-refractivity contribution is 0.223. The van der Waals surface area contributed by atoms with Crippen LogP contribution in [0.25, 0.3) is 0 Å². The smallest absolute Gasteiger partial charge is 0.137 e. The van der Waals surface area contributed by atoms with Crippen molar-refractivity contribution in [1.82, 2.24) is 14.9 Å². The summed E-state index contributed by atoms with van der Waals surface area (Å²) in [6.45, 7) is 9.51. The number of aromatic nitrogens is 2. The molecule has 1 aliphatic heterocycles. The van der Waals surface area contributed by atoms with Crippen LogP contribution in [0.15, 0.2) is 0 Å². The van der Waals surface area contributed by atoms with Gasteiger partial charge < -0.3 is 10.2 Å². The lowest BCUT2D eigenvalue weighted by Crippen LogP contribution is -2.38. The van der Waals surface area contributed by atoms with Crippen LogP contribution in [0, 0.1) is 13.8 Å². The SMILES string of the molecule is Cc1nc(Cl)c(C)c(NC(C)CN2CCCCC2)n1. The minimum absolute atomic E-state index is 0.363. The van der Waals surface area contributed by atoms with Crippen molar-refractivity contribution in [1.29, 1.82) is 0 Å². The minimum Gasteiger partial charge on any atom is -0.366 e. The zero-order valence-electron chi connectivity index (χ0n) is 12.0. The second kappa shape index (κ2) is 6.53. The highest BCUT2D eigenvalue weighted by Gasteiger charge is 2.15. The molecule has 1 saturated heterocycles. The van der Waals surface area contributed by atoms with Crippen LogP contribution in [0.4, 0.5) is 5.82 Å². The van der Waals surface area contributed by atoms with E-state index in [9.17, 15) is 0 Å². The average Bonchev–Trinajstić information content (AvgIpc) is 2.36. The predicted molar refractivity (Wildman–Crippen MR) is 79.9 cm³/mol. The number of piperidine rings is 1. The van der Waals surface area contributed by atoms with Gasteiger partial charge in [0.15, 0.2) is 0 Å². The molecule has 1 fully saturated rings. The molecule has 2 rings (SSSR count). The van der Waals surface area contributed by atoms with Crippen LogP contribution in [0.1, 0.15) is 37.6 Å². The molecule has 0 radical (unpaired) electrons. The van der Waals surface area contributed by atoms with Crippen molar-refractivity contribution >= 4 is 17.4 Å². The molecule has 2 heterocycles. The molecule has 0 bridgehead atoms. The van der Waals surface area contributed by atoms with Crippen LogP contribution in [-0.2, 0) is 0 Å². The number of hydrogen-bond donors (Lipinski definition) is 1. The normalized spacial score (nSPS) is 18.3. The van der Waals surface area contributed by atoms with E-state index in [1.54, 1.807) is 0 Å². The summed E-state index contributed by atoms with van der Waals surface area (Å²) in [6, 6.07) is 0.363. The molecule has 0 aromatic carbocycles. The fourth-order valence-corrected chi connectivity index (χ4v) is 2.75. The molecular weight excluding hydrogens is 260 g/mol. The Balaban J connectivity index is 1.96. The van der Waals surface area contributed by atoms with Crippen molar-refractivity contribution in [2.75, 3.05) is 25.0 Å². The van der Waals surface area contributed by atoms with E-state index >= 15 is 0 Å². The first-order valence-electron chi connectivity index (χ1n) is 7.06. The monoisotopic (exact) mass is 282 g/mol. The number of anilines is 1. The highest BCUT2D eigenvalue weighted by molar-refractivity contribution is 6.30. The molecule has 0 spiro atoms. The molecule has 5 heteroatoms. The average molecular weight is 283 g/mol. The van der Waals surface area contributed by atoms with Crippen molar-refractivity contribution in [3.63, 3.8) is 0 Å². The Kier molecular flexibility index (Phi) is 4.99. The van der Waals surface area contributed by atoms with Gasteiger partial charge in [0.25, 0.3) is 0 Å². The molecule has 0 saturated carbocycles. The summed E-state index contributed by atoms with van der Waals surface area (Å²) in [4.78, 5) is 11.1. The van der Waals surface area contributed by atoms with Gasteiger partial charge in [0, 0.05) is 18.2 Å². The van der Waals surface area contributed by atoms with Gasteiger partial charge in [-0.25, -0.2) is 9.97 Å². The summed E-state index contributed by atoms with van der Waals surface area (Å²) < 4.78 is 0. The lowest BCUT2D eigenvalue weighted by Gasteiger charge is -2.29. The van der Waals surface area contributed by atoms with Crippen molar-refractivity contribution in [3.05, 3.63) is 16.5 Å². The Morgan fingerprint density at radius 3 is 2.58 bits per heavy atom. The number of likely N-dealkylation sites (tertiary alicyclic amines) is 1. The third kappa shape index (κ3) is 4.05. The van der Waals surface area contributed by atoms with Crippen LogP contribution < -0.4 is 5.32 Å². The van der Waals surface area contributed by atoms with E-state index in [-0.39, 0.29) is 0 Å². The second-order valence-corrected chi connectivity index (χ2v) is 5.80. The Morgan fingerprint density at radius 2 is 1.89 bits per heavy atom. The molecule has 0 aliphatic carbocycles. The molecule has 1 aromatic rings. The molecule has 0 amide bonds. The van der Waals surface area contributed by atoms with E-state index in [2.05, 4.69) is 27.1 Å². The van der Waals surface area contributed by atoms with Gasteiger partial charge in [-0.05, 0) is 46.7 Å². The second-order valence-electron chi connectivity index (χ2n) is 5.44. The quantitative estimate of drug-likeness (QED) is 0.862. The fourth-order valence-electron chi connectivity index (χ4n) is 2.54. The third-order valence-electron chi connectivity index (χ3n) is 3.56. The third-order valence-corrected chi connectivity index (χ3v) is 3.93. The molecule has 106 valence electrons.